The number of aryl methyl sites for hydroxylation is 2. The second kappa shape index (κ2) is 4.52. The third-order valence-corrected chi connectivity index (χ3v) is 3.46. The molecule has 0 atom stereocenters. The first-order chi connectivity index (χ1) is 9.54. The Morgan fingerprint density at radius 1 is 1.30 bits per heavy atom. The van der Waals surface area contributed by atoms with Crippen LogP contribution in [0.1, 0.15) is 27.2 Å². The normalized spacial score (nSPS) is 11.1. The summed E-state index contributed by atoms with van der Waals surface area (Å²) in [5.74, 6) is -0.387. The number of hydrogen-bond donors (Lipinski definition) is 1. The van der Waals surface area contributed by atoms with Gasteiger partial charge in [0.1, 0.15) is 12.0 Å². The lowest BCUT2D eigenvalue weighted by Crippen LogP contribution is -1.97. The summed E-state index contributed by atoms with van der Waals surface area (Å²) in [6.07, 6.45) is 3.00. The topological polar surface area (TPSA) is 68.3 Å². The molecule has 0 aliphatic rings. The Labute approximate surface area is 115 Å². The van der Waals surface area contributed by atoms with Crippen molar-refractivity contribution >= 4 is 17.0 Å². The van der Waals surface area contributed by atoms with Crippen LogP contribution in [0.5, 0.6) is 0 Å². The predicted octanol–water partition coefficient (Wildman–Crippen LogP) is 2.99. The van der Waals surface area contributed by atoms with Gasteiger partial charge in [-0.15, -0.1) is 0 Å². The molecule has 0 saturated carbocycles. The summed E-state index contributed by atoms with van der Waals surface area (Å²) in [6, 6.07) is 5.67. The molecule has 3 rings (SSSR count). The van der Waals surface area contributed by atoms with Gasteiger partial charge in [0.15, 0.2) is 0 Å². The number of benzene rings is 1. The lowest BCUT2D eigenvalue weighted by Gasteiger charge is -2.04. The SMILES string of the molecule is Cc1cc2ncn(Cc3cc(C(=O)O)co3)c2cc1C. The smallest absolute Gasteiger partial charge is 0.338 e. The van der Waals surface area contributed by atoms with E-state index in [4.69, 9.17) is 9.52 Å². The monoisotopic (exact) mass is 270 g/mol. The number of hydrogen-bond acceptors (Lipinski definition) is 3. The predicted molar refractivity (Wildman–Crippen MR) is 74.0 cm³/mol. The molecule has 0 aliphatic carbocycles. The molecule has 0 fully saturated rings. The number of rotatable bonds is 3. The molecular weight excluding hydrogens is 256 g/mol. The first kappa shape index (κ1) is 12.5. The van der Waals surface area contributed by atoms with Crippen LogP contribution in [0.15, 0.2) is 35.2 Å². The van der Waals surface area contributed by atoms with Crippen molar-refractivity contribution in [2.75, 3.05) is 0 Å². The Kier molecular flexibility index (Phi) is 2.82. The fraction of sp³-hybridized carbons (Fsp3) is 0.200. The minimum Gasteiger partial charge on any atom is -0.478 e. The van der Waals surface area contributed by atoms with Gasteiger partial charge in [0, 0.05) is 0 Å². The van der Waals surface area contributed by atoms with E-state index in [0.717, 1.165) is 11.0 Å². The van der Waals surface area contributed by atoms with Gasteiger partial charge in [-0.2, -0.15) is 0 Å². The van der Waals surface area contributed by atoms with Crippen LogP contribution in [0.4, 0.5) is 0 Å². The van der Waals surface area contributed by atoms with E-state index in [1.54, 1.807) is 6.33 Å². The van der Waals surface area contributed by atoms with Gasteiger partial charge in [-0.1, -0.05) is 0 Å². The Hall–Kier alpha value is -2.56. The van der Waals surface area contributed by atoms with Crippen molar-refractivity contribution in [3.05, 3.63) is 53.2 Å². The summed E-state index contributed by atoms with van der Waals surface area (Å²) in [7, 11) is 0. The standard InChI is InChI=1S/C15H14N2O3/c1-9-3-13-14(4-10(9)2)17(8-16-13)6-12-5-11(7-20-12)15(18)19/h3-5,7-8H,6H2,1-2H3,(H,18,19). The van der Waals surface area contributed by atoms with Gasteiger partial charge in [0.25, 0.3) is 0 Å². The van der Waals surface area contributed by atoms with Gasteiger partial charge < -0.3 is 14.1 Å². The minimum atomic E-state index is -0.984. The van der Waals surface area contributed by atoms with E-state index in [9.17, 15) is 4.79 Å². The maximum absolute atomic E-state index is 10.8. The molecule has 2 heterocycles. The van der Waals surface area contributed by atoms with Crippen LogP contribution in [0.25, 0.3) is 11.0 Å². The minimum absolute atomic E-state index is 0.163. The Balaban J connectivity index is 1.98. The van der Waals surface area contributed by atoms with Crippen LogP contribution >= 0.6 is 0 Å². The molecule has 0 radical (unpaired) electrons. The Morgan fingerprint density at radius 3 is 2.75 bits per heavy atom. The van der Waals surface area contributed by atoms with Gasteiger partial charge in [-0.25, -0.2) is 9.78 Å². The van der Waals surface area contributed by atoms with E-state index in [1.165, 1.54) is 23.5 Å². The average molecular weight is 270 g/mol. The number of carboxylic acids is 1. The number of carbonyl (C=O) groups is 1. The van der Waals surface area contributed by atoms with Crippen molar-refractivity contribution in [2.24, 2.45) is 0 Å². The summed E-state index contributed by atoms with van der Waals surface area (Å²) in [5, 5.41) is 8.88. The van der Waals surface area contributed by atoms with Crippen LogP contribution in [0, 0.1) is 13.8 Å². The molecule has 0 amide bonds. The molecule has 1 N–H and O–H groups in total. The molecule has 0 unspecified atom stereocenters. The molecule has 2 aromatic heterocycles. The van der Waals surface area contributed by atoms with E-state index in [-0.39, 0.29) is 5.56 Å². The molecule has 5 heteroatoms. The van der Waals surface area contributed by atoms with E-state index in [1.807, 2.05) is 10.6 Å². The van der Waals surface area contributed by atoms with E-state index < -0.39 is 5.97 Å². The third kappa shape index (κ3) is 2.07. The van der Waals surface area contributed by atoms with Crippen molar-refractivity contribution < 1.29 is 14.3 Å². The van der Waals surface area contributed by atoms with Gasteiger partial charge in [-0.3, -0.25) is 0 Å². The largest absolute Gasteiger partial charge is 0.478 e. The molecule has 0 saturated heterocycles. The second-order valence-corrected chi connectivity index (χ2v) is 4.90. The fourth-order valence-corrected chi connectivity index (χ4v) is 2.18. The summed E-state index contributed by atoms with van der Waals surface area (Å²) >= 11 is 0. The zero-order valence-corrected chi connectivity index (χ0v) is 11.3. The fourth-order valence-electron chi connectivity index (χ4n) is 2.18. The maximum Gasteiger partial charge on any atom is 0.338 e. The zero-order chi connectivity index (χ0) is 14.3. The molecule has 20 heavy (non-hydrogen) atoms. The molecular formula is C15H14N2O3. The van der Waals surface area contributed by atoms with Crippen LogP contribution < -0.4 is 0 Å². The van der Waals surface area contributed by atoms with Crippen molar-refractivity contribution in [3.8, 4) is 0 Å². The van der Waals surface area contributed by atoms with Crippen LogP contribution in [-0.2, 0) is 6.54 Å². The summed E-state index contributed by atoms with van der Waals surface area (Å²) in [6.45, 7) is 4.58. The van der Waals surface area contributed by atoms with Gasteiger partial charge in [0.05, 0.1) is 29.5 Å². The summed E-state index contributed by atoms with van der Waals surface area (Å²) in [5.41, 5.74) is 4.51. The Morgan fingerprint density at radius 2 is 2.05 bits per heavy atom. The average Bonchev–Trinajstić information content (AvgIpc) is 3.00. The van der Waals surface area contributed by atoms with Crippen LogP contribution in [0.2, 0.25) is 0 Å². The highest BCUT2D eigenvalue weighted by Gasteiger charge is 2.10. The number of nitrogens with zero attached hydrogens (tertiary/aromatic N) is 2. The third-order valence-electron chi connectivity index (χ3n) is 3.46. The molecule has 0 bridgehead atoms. The summed E-state index contributed by atoms with van der Waals surface area (Å²) in [4.78, 5) is 15.2. The lowest BCUT2D eigenvalue weighted by atomic mass is 10.1. The van der Waals surface area contributed by atoms with Crippen molar-refractivity contribution in [3.63, 3.8) is 0 Å². The molecule has 1 aromatic carbocycles. The number of imidazole rings is 1. The van der Waals surface area contributed by atoms with E-state index in [0.29, 0.717) is 12.3 Å². The quantitative estimate of drug-likeness (QED) is 0.794. The molecule has 0 aliphatic heterocycles. The van der Waals surface area contributed by atoms with E-state index in [2.05, 4.69) is 24.9 Å². The first-order valence-electron chi connectivity index (χ1n) is 6.27. The van der Waals surface area contributed by atoms with E-state index >= 15 is 0 Å². The maximum atomic E-state index is 10.8. The van der Waals surface area contributed by atoms with Crippen LogP contribution in [-0.4, -0.2) is 20.6 Å². The van der Waals surface area contributed by atoms with Gasteiger partial charge in [0.2, 0.25) is 0 Å². The number of aromatic carboxylic acids is 1. The number of fused-ring (bicyclic) bond motifs is 1. The number of furan rings is 1. The number of carboxylic acid groups (broad SMARTS) is 1. The molecule has 0 spiro atoms. The molecule has 5 nitrogen and oxygen atoms in total. The first-order valence-corrected chi connectivity index (χ1v) is 6.27. The highest BCUT2D eigenvalue weighted by molar-refractivity contribution is 5.87. The van der Waals surface area contributed by atoms with Crippen molar-refractivity contribution in [2.45, 2.75) is 20.4 Å². The zero-order valence-electron chi connectivity index (χ0n) is 11.3. The van der Waals surface area contributed by atoms with Gasteiger partial charge in [-0.05, 0) is 43.2 Å². The Bertz CT molecular complexity index is 799. The lowest BCUT2D eigenvalue weighted by molar-refractivity contribution is 0.0696. The molecule has 3 aromatic rings. The second-order valence-electron chi connectivity index (χ2n) is 4.90. The molecule has 102 valence electrons. The van der Waals surface area contributed by atoms with Crippen LogP contribution in [0.3, 0.4) is 0 Å². The summed E-state index contributed by atoms with van der Waals surface area (Å²) < 4.78 is 7.22. The van der Waals surface area contributed by atoms with Crippen molar-refractivity contribution in [1.82, 2.24) is 9.55 Å². The van der Waals surface area contributed by atoms with Gasteiger partial charge >= 0.3 is 5.97 Å². The highest BCUT2D eigenvalue weighted by atomic mass is 16.4. The highest BCUT2D eigenvalue weighted by Crippen LogP contribution is 2.20. The number of aromatic nitrogens is 2. The van der Waals surface area contributed by atoms with Crippen molar-refractivity contribution in [1.29, 1.82) is 0 Å².